The zero-order valence-corrected chi connectivity index (χ0v) is 23.3. The van der Waals surface area contributed by atoms with Crippen molar-refractivity contribution < 1.29 is 13.2 Å². The standard InChI is InChI=1S/C30H45N3O3S/c1-2-3-4-5-6-7-8-9-10-11-15-18-28-25-31-23-24-33(28)37(35,36)29-21-19-27(20-22-29)32-30(34)26-16-13-12-14-17-26/h12-14,16-17,19-22,28,31H,2-11,15,18,23-25H2,1H3,(H,32,34). The Morgan fingerprint density at radius 1 is 0.865 bits per heavy atom. The maximum atomic E-state index is 13.5. The molecule has 0 bridgehead atoms. The number of nitrogens with one attached hydrogen (secondary N) is 2. The Hall–Kier alpha value is -2.22. The number of hydrogen-bond acceptors (Lipinski definition) is 4. The Morgan fingerprint density at radius 2 is 1.46 bits per heavy atom. The van der Waals surface area contributed by atoms with Crippen molar-refractivity contribution in [3.8, 4) is 0 Å². The second-order valence-corrected chi connectivity index (χ2v) is 12.0. The van der Waals surface area contributed by atoms with Gasteiger partial charge in [0.05, 0.1) is 4.90 Å². The zero-order valence-electron chi connectivity index (χ0n) is 22.5. The number of unbranched alkanes of at least 4 members (excludes halogenated alkanes) is 10. The van der Waals surface area contributed by atoms with Gasteiger partial charge in [-0.2, -0.15) is 4.31 Å². The summed E-state index contributed by atoms with van der Waals surface area (Å²) in [6.45, 7) is 4.10. The molecule has 0 radical (unpaired) electrons. The van der Waals surface area contributed by atoms with E-state index in [0.29, 0.717) is 30.9 Å². The summed E-state index contributed by atoms with van der Waals surface area (Å²) >= 11 is 0. The van der Waals surface area contributed by atoms with Gasteiger partial charge in [0.1, 0.15) is 0 Å². The second kappa shape index (κ2) is 15.9. The van der Waals surface area contributed by atoms with Gasteiger partial charge < -0.3 is 10.6 Å². The van der Waals surface area contributed by atoms with Crippen molar-refractivity contribution in [2.75, 3.05) is 25.0 Å². The molecule has 0 spiro atoms. The lowest BCUT2D eigenvalue weighted by Gasteiger charge is -2.35. The summed E-state index contributed by atoms with van der Waals surface area (Å²) in [6.07, 6.45) is 15.1. The molecular weight excluding hydrogens is 482 g/mol. The molecule has 1 heterocycles. The molecule has 0 aliphatic carbocycles. The fourth-order valence-corrected chi connectivity index (χ4v) is 6.64. The van der Waals surface area contributed by atoms with Gasteiger partial charge in [-0.25, -0.2) is 8.42 Å². The third kappa shape index (κ3) is 9.55. The molecule has 1 aliphatic heterocycles. The molecule has 2 aromatic carbocycles. The Labute approximate surface area is 224 Å². The monoisotopic (exact) mass is 527 g/mol. The molecule has 204 valence electrons. The molecule has 0 saturated carbocycles. The molecule has 0 aromatic heterocycles. The Kier molecular flexibility index (Phi) is 12.6. The summed E-state index contributed by atoms with van der Waals surface area (Å²) in [5.41, 5.74) is 1.14. The molecule has 7 heteroatoms. The fraction of sp³-hybridized carbons (Fsp3) is 0.567. The summed E-state index contributed by atoms with van der Waals surface area (Å²) < 4.78 is 28.6. The summed E-state index contributed by atoms with van der Waals surface area (Å²) in [5.74, 6) is -0.217. The van der Waals surface area contributed by atoms with E-state index in [2.05, 4.69) is 17.6 Å². The van der Waals surface area contributed by atoms with Crippen molar-refractivity contribution in [3.05, 3.63) is 60.2 Å². The minimum absolute atomic E-state index is 0.0187. The third-order valence-electron chi connectivity index (χ3n) is 7.19. The first kappa shape index (κ1) is 29.3. The molecule has 2 N–H and O–H groups in total. The largest absolute Gasteiger partial charge is 0.322 e. The van der Waals surface area contributed by atoms with Crippen molar-refractivity contribution in [1.82, 2.24) is 9.62 Å². The summed E-state index contributed by atoms with van der Waals surface area (Å²) in [4.78, 5) is 12.7. The van der Waals surface area contributed by atoms with Gasteiger partial charge in [-0.05, 0) is 42.8 Å². The minimum Gasteiger partial charge on any atom is -0.322 e. The average molecular weight is 528 g/mol. The van der Waals surface area contributed by atoms with Crippen LogP contribution in [0.25, 0.3) is 0 Å². The van der Waals surface area contributed by atoms with E-state index in [4.69, 9.17) is 0 Å². The molecule has 1 amide bonds. The lowest BCUT2D eigenvalue weighted by molar-refractivity contribution is 0.102. The lowest BCUT2D eigenvalue weighted by atomic mass is 10.0. The zero-order chi connectivity index (χ0) is 26.3. The van der Waals surface area contributed by atoms with E-state index in [1.54, 1.807) is 40.7 Å². The molecule has 6 nitrogen and oxygen atoms in total. The normalized spacial score (nSPS) is 16.5. The highest BCUT2D eigenvalue weighted by atomic mass is 32.2. The number of sulfonamides is 1. The maximum Gasteiger partial charge on any atom is 0.255 e. The van der Waals surface area contributed by atoms with Crippen LogP contribution in [0.15, 0.2) is 59.5 Å². The van der Waals surface area contributed by atoms with Crippen LogP contribution < -0.4 is 10.6 Å². The molecule has 1 aliphatic rings. The van der Waals surface area contributed by atoms with E-state index in [9.17, 15) is 13.2 Å². The highest BCUT2D eigenvalue weighted by Gasteiger charge is 2.33. The van der Waals surface area contributed by atoms with Crippen LogP contribution in [0, 0.1) is 0 Å². The van der Waals surface area contributed by atoms with Gasteiger partial charge in [0.2, 0.25) is 10.0 Å². The smallest absolute Gasteiger partial charge is 0.255 e. The number of nitrogens with zero attached hydrogens (tertiary/aromatic N) is 1. The molecule has 1 saturated heterocycles. The molecule has 1 fully saturated rings. The molecule has 2 aromatic rings. The molecule has 1 unspecified atom stereocenters. The number of rotatable bonds is 16. The van der Waals surface area contributed by atoms with Gasteiger partial charge in [-0.3, -0.25) is 4.79 Å². The van der Waals surface area contributed by atoms with Crippen LogP contribution in [-0.4, -0.2) is 44.3 Å². The van der Waals surface area contributed by atoms with E-state index >= 15 is 0 Å². The topological polar surface area (TPSA) is 78.5 Å². The Bertz CT molecular complexity index is 1030. The van der Waals surface area contributed by atoms with Crippen LogP contribution in [0.3, 0.4) is 0 Å². The van der Waals surface area contributed by atoms with E-state index in [0.717, 1.165) is 19.3 Å². The van der Waals surface area contributed by atoms with E-state index in [1.807, 2.05) is 18.2 Å². The van der Waals surface area contributed by atoms with Gasteiger partial charge in [0.25, 0.3) is 5.91 Å². The van der Waals surface area contributed by atoms with Gasteiger partial charge in [-0.1, -0.05) is 95.8 Å². The van der Waals surface area contributed by atoms with Crippen molar-refractivity contribution in [2.45, 2.75) is 94.9 Å². The van der Waals surface area contributed by atoms with Crippen LogP contribution in [0.2, 0.25) is 0 Å². The number of amides is 1. The molecule has 3 rings (SSSR count). The van der Waals surface area contributed by atoms with Gasteiger partial charge in [0, 0.05) is 36.9 Å². The van der Waals surface area contributed by atoms with Gasteiger partial charge in [-0.15, -0.1) is 0 Å². The van der Waals surface area contributed by atoms with Crippen molar-refractivity contribution in [1.29, 1.82) is 0 Å². The third-order valence-corrected chi connectivity index (χ3v) is 9.16. The second-order valence-electron chi connectivity index (χ2n) is 10.1. The van der Waals surface area contributed by atoms with E-state index in [-0.39, 0.29) is 16.8 Å². The van der Waals surface area contributed by atoms with Crippen LogP contribution >= 0.6 is 0 Å². The van der Waals surface area contributed by atoms with Crippen LogP contribution in [0.1, 0.15) is 94.3 Å². The number of piperazine rings is 1. The van der Waals surface area contributed by atoms with Gasteiger partial charge >= 0.3 is 0 Å². The van der Waals surface area contributed by atoms with Crippen molar-refractivity contribution >= 4 is 21.6 Å². The van der Waals surface area contributed by atoms with Crippen molar-refractivity contribution in [2.24, 2.45) is 0 Å². The quantitative estimate of drug-likeness (QED) is 0.241. The molecular formula is C30H45N3O3S. The predicted molar refractivity (Wildman–Crippen MR) is 152 cm³/mol. The number of hydrogen-bond donors (Lipinski definition) is 2. The highest BCUT2D eigenvalue weighted by Crippen LogP contribution is 2.24. The number of anilines is 1. The first-order valence-electron chi connectivity index (χ1n) is 14.2. The summed E-state index contributed by atoms with van der Waals surface area (Å²) in [5, 5.41) is 6.20. The fourth-order valence-electron chi connectivity index (χ4n) is 4.99. The number of benzene rings is 2. The Morgan fingerprint density at radius 3 is 2.08 bits per heavy atom. The first-order valence-corrected chi connectivity index (χ1v) is 15.7. The van der Waals surface area contributed by atoms with Crippen LogP contribution in [0.4, 0.5) is 5.69 Å². The Balaban J connectivity index is 1.44. The number of carbonyl (C=O) groups is 1. The minimum atomic E-state index is -3.59. The maximum absolute atomic E-state index is 13.5. The van der Waals surface area contributed by atoms with Crippen LogP contribution in [-0.2, 0) is 10.0 Å². The average Bonchev–Trinajstić information content (AvgIpc) is 2.92. The van der Waals surface area contributed by atoms with Crippen molar-refractivity contribution in [3.63, 3.8) is 0 Å². The van der Waals surface area contributed by atoms with Crippen LogP contribution in [0.5, 0.6) is 0 Å². The van der Waals surface area contributed by atoms with E-state index < -0.39 is 10.0 Å². The van der Waals surface area contributed by atoms with E-state index in [1.165, 1.54) is 57.8 Å². The molecule has 37 heavy (non-hydrogen) atoms. The summed E-state index contributed by atoms with van der Waals surface area (Å²) in [7, 11) is -3.59. The summed E-state index contributed by atoms with van der Waals surface area (Å²) in [6, 6.07) is 15.5. The lowest BCUT2D eigenvalue weighted by Crippen LogP contribution is -2.53. The highest BCUT2D eigenvalue weighted by molar-refractivity contribution is 7.89. The SMILES string of the molecule is CCCCCCCCCCCCCC1CNCCN1S(=O)(=O)c1ccc(NC(=O)c2ccccc2)cc1. The number of carbonyl (C=O) groups excluding carboxylic acids is 1. The predicted octanol–water partition coefficient (Wildman–Crippen LogP) is 6.60. The first-order chi connectivity index (χ1) is 18.0. The van der Waals surface area contributed by atoms with Gasteiger partial charge in [0.15, 0.2) is 0 Å². The molecule has 1 atom stereocenters.